The first-order valence-corrected chi connectivity index (χ1v) is 6.14. The number of aryl methyl sites for hydroxylation is 1. The Bertz CT molecular complexity index is 635. The molecule has 3 aromatic rings. The van der Waals surface area contributed by atoms with Crippen LogP contribution in [0.4, 0.5) is 5.69 Å². The van der Waals surface area contributed by atoms with E-state index in [0.717, 1.165) is 32.2 Å². The number of benzene rings is 1. The van der Waals surface area contributed by atoms with Crippen molar-refractivity contribution in [1.82, 2.24) is 9.97 Å². The number of nitrogens with two attached hydrogens (primary N) is 1. The zero-order valence-corrected chi connectivity index (χ0v) is 10.2. The van der Waals surface area contributed by atoms with Crippen molar-refractivity contribution in [1.29, 1.82) is 0 Å². The van der Waals surface area contributed by atoms with Crippen LogP contribution < -0.4 is 5.73 Å². The first-order chi connectivity index (χ1) is 8.25. The van der Waals surface area contributed by atoms with E-state index in [9.17, 15) is 0 Å². The number of nitrogens with zero attached hydrogens (tertiary/aromatic N) is 2. The van der Waals surface area contributed by atoms with E-state index in [-0.39, 0.29) is 0 Å². The Labute approximate surface area is 103 Å². The van der Waals surface area contributed by atoms with E-state index in [2.05, 4.69) is 9.97 Å². The van der Waals surface area contributed by atoms with Crippen molar-refractivity contribution in [3.05, 3.63) is 42.1 Å². The summed E-state index contributed by atoms with van der Waals surface area (Å²) in [7, 11) is 0. The fraction of sp³-hybridized carbons (Fsp3) is 0.0769. The SMILES string of the molecule is Cc1cccc(N)c1-c1nc2cccnc2s1. The van der Waals surface area contributed by atoms with Crippen LogP contribution in [0, 0.1) is 6.92 Å². The maximum absolute atomic E-state index is 6.02. The molecule has 0 aliphatic heterocycles. The highest BCUT2D eigenvalue weighted by atomic mass is 32.1. The Morgan fingerprint density at radius 1 is 1.18 bits per heavy atom. The molecule has 0 aliphatic carbocycles. The molecule has 4 heteroatoms. The Morgan fingerprint density at radius 2 is 2.06 bits per heavy atom. The average Bonchev–Trinajstić information content (AvgIpc) is 2.71. The van der Waals surface area contributed by atoms with Gasteiger partial charge in [-0.05, 0) is 30.7 Å². The van der Waals surface area contributed by atoms with Crippen molar-refractivity contribution in [2.75, 3.05) is 5.73 Å². The van der Waals surface area contributed by atoms with Crippen molar-refractivity contribution in [3.8, 4) is 10.6 Å². The highest BCUT2D eigenvalue weighted by Crippen LogP contribution is 2.34. The molecule has 1 aromatic carbocycles. The van der Waals surface area contributed by atoms with Crippen LogP contribution in [0.3, 0.4) is 0 Å². The minimum atomic E-state index is 0.768. The lowest BCUT2D eigenvalue weighted by molar-refractivity contribution is 1.39. The zero-order valence-electron chi connectivity index (χ0n) is 9.34. The average molecular weight is 241 g/mol. The molecular weight excluding hydrogens is 230 g/mol. The third-order valence-corrected chi connectivity index (χ3v) is 3.68. The van der Waals surface area contributed by atoms with Crippen LogP contribution >= 0.6 is 11.3 Å². The normalized spacial score (nSPS) is 10.9. The van der Waals surface area contributed by atoms with E-state index >= 15 is 0 Å². The van der Waals surface area contributed by atoms with Gasteiger partial charge in [-0.3, -0.25) is 0 Å². The number of hydrogen-bond acceptors (Lipinski definition) is 4. The summed E-state index contributed by atoms with van der Waals surface area (Å²) in [4.78, 5) is 9.83. The van der Waals surface area contributed by atoms with Gasteiger partial charge >= 0.3 is 0 Å². The number of hydrogen-bond donors (Lipinski definition) is 1. The molecule has 0 amide bonds. The quantitative estimate of drug-likeness (QED) is 0.665. The lowest BCUT2D eigenvalue weighted by Gasteiger charge is -2.04. The van der Waals surface area contributed by atoms with Gasteiger partial charge in [0.15, 0.2) is 0 Å². The molecular formula is C13H11N3S. The molecule has 0 saturated heterocycles. The first kappa shape index (κ1) is 10.2. The number of thiazole rings is 1. The first-order valence-electron chi connectivity index (χ1n) is 5.33. The summed E-state index contributed by atoms with van der Waals surface area (Å²) in [6.07, 6.45) is 1.78. The highest BCUT2D eigenvalue weighted by molar-refractivity contribution is 7.21. The molecule has 17 heavy (non-hydrogen) atoms. The fourth-order valence-corrected chi connectivity index (χ4v) is 2.90. The van der Waals surface area contributed by atoms with Gasteiger partial charge in [0.2, 0.25) is 0 Å². The van der Waals surface area contributed by atoms with Gasteiger partial charge in [-0.15, -0.1) is 0 Å². The van der Waals surface area contributed by atoms with E-state index in [1.165, 1.54) is 0 Å². The van der Waals surface area contributed by atoms with E-state index in [4.69, 9.17) is 5.73 Å². The standard InChI is InChI=1S/C13H11N3S/c1-8-4-2-5-9(14)11(8)13-16-10-6-3-7-15-12(10)17-13/h2-7H,14H2,1H3. The van der Waals surface area contributed by atoms with E-state index in [0.29, 0.717) is 0 Å². The van der Waals surface area contributed by atoms with Gasteiger partial charge in [0.1, 0.15) is 15.4 Å². The molecule has 84 valence electrons. The van der Waals surface area contributed by atoms with Crippen LogP contribution in [0.2, 0.25) is 0 Å². The Kier molecular flexibility index (Phi) is 2.30. The summed E-state index contributed by atoms with van der Waals surface area (Å²) in [6, 6.07) is 9.77. The van der Waals surface area contributed by atoms with Crippen LogP contribution in [0.5, 0.6) is 0 Å². The van der Waals surface area contributed by atoms with Crippen molar-refractivity contribution in [2.45, 2.75) is 6.92 Å². The third kappa shape index (κ3) is 1.66. The van der Waals surface area contributed by atoms with Crippen LogP contribution in [0.15, 0.2) is 36.5 Å². The summed E-state index contributed by atoms with van der Waals surface area (Å²) in [5.74, 6) is 0. The molecule has 2 aromatic heterocycles. The zero-order chi connectivity index (χ0) is 11.8. The second kappa shape index (κ2) is 3.82. The number of nitrogen functional groups attached to an aromatic ring is 1. The molecule has 2 heterocycles. The minimum absolute atomic E-state index is 0.768. The van der Waals surface area contributed by atoms with E-state index in [1.54, 1.807) is 17.5 Å². The number of aromatic nitrogens is 2. The van der Waals surface area contributed by atoms with Crippen LogP contribution in [-0.2, 0) is 0 Å². The van der Waals surface area contributed by atoms with Gasteiger partial charge in [-0.2, -0.15) is 0 Å². The second-order valence-corrected chi connectivity index (χ2v) is 4.86. The largest absolute Gasteiger partial charge is 0.398 e. The Hall–Kier alpha value is -1.94. The molecule has 0 saturated carbocycles. The number of fused-ring (bicyclic) bond motifs is 1. The van der Waals surface area contributed by atoms with Gasteiger partial charge in [0, 0.05) is 17.4 Å². The van der Waals surface area contributed by atoms with Crippen molar-refractivity contribution in [3.63, 3.8) is 0 Å². The predicted molar refractivity (Wildman–Crippen MR) is 72.0 cm³/mol. The molecule has 3 rings (SSSR count). The number of anilines is 1. The summed E-state index contributed by atoms with van der Waals surface area (Å²) >= 11 is 1.58. The van der Waals surface area contributed by atoms with Crippen molar-refractivity contribution >= 4 is 27.4 Å². The monoisotopic (exact) mass is 241 g/mol. The molecule has 0 aliphatic rings. The fourth-order valence-electron chi connectivity index (χ4n) is 1.86. The molecule has 0 bridgehead atoms. The molecule has 0 fully saturated rings. The van der Waals surface area contributed by atoms with E-state index < -0.39 is 0 Å². The second-order valence-electron chi connectivity index (χ2n) is 3.89. The smallest absolute Gasteiger partial charge is 0.143 e. The summed E-state index contributed by atoms with van der Waals surface area (Å²) in [5, 5.41) is 0.939. The summed E-state index contributed by atoms with van der Waals surface area (Å²) in [5.41, 5.74) is 9.88. The van der Waals surface area contributed by atoms with Crippen molar-refractivity contribution < 1.29 is 0 Å². The lowest BCUT2D eigenvalue weighted by atomic mass is 10.1. The topological polar surface area (TPSA) is 51.8 Å². The van der Waals surface area contributed by atoms with Crippen LogP contribution in [-0.4, -0.2) is 9.97 Å². The minimum Gasteiger partial charge on any atom is -0.398 e. The van der Waals surface area contributed by atoms with Gasteiger partial charge < -0.3 is 5.73 Å². The van der Waals surface area contributed by atoms with Gasteiger partial charge in [0.25, 0.3) is 0 Å². The van der Waals surface area contributed by atoms with Crippen LogP contribution in [0.1, 0.15) is 5.56 Å². The number of rotatable bonds is 1. The van der Waals surface area contributed by atoms with Crippen molar-refractivity contribution in [2.24, 2.45) is 0 Å². The Morgan fingerprint density at radius 3 is 2.82 bits per heavy atom. The molecule has 2 N–H and O–H groups in total. The summed E-state index contributed by atoms with van der Waals surface area (Å²) < 4.78 is 0. The summed E-state index contributed by atoms with van der Waals surface area (Å²) in [6.45, 7) is 2.05. The molecule has 0 spiro atoms. The van der Waals surface area contributed by atoms with E-state index in [1.807, 2.05) is 37.3 Å². The number of pyridine rings is 1. The molecule has 0 radical (unpaired) electrons. The van der Waals surface area contributed by atoms with Gasteiger partial charge in [-0.1, -0.05) is 23.5 Å². The van der Waals surface area contributed by atoms with Gasteiger partial charge in [0.05, 0.1) is 0 Å². The Balaban J connectivity index is 2.27. The van der Waals surface area contributed by atoms with Gasteiger partial charge in [-0.25, -0.2) is 9.97 Å². The van der Waals surface area contributed by atoms with Crippen LogP contribution in [0.25, 0.3) is 20.9 Å². The molecule has 3 nitrogen and oxygen atoms in total. The lowest BCUT2D eigenvalue weighted by Crippen LogP contribution is -1.91. The molecule has 0 unspecified atom stereocenters. The third-order valence-electron chi connectivity index (χ3n) is 2.69. The molecule has 0 atom stereocenters. The maximum atomic E-state index is 6.02. The predicted octanol–water partition coefficient (Wildman–Crippen LogP) is 3.25. The maximum Gasteiger partial charge on any atom is 0.143 e. The highest BCUT2D eigenvalue weighted by Gasteiger charge is 2.11.